The monoisotopic (exact) mass is 423 g/mol. The first kappa shape index (κ1) is 20.2. The van der Waals surface area contributed by atoms with E-state index >= 15 is 0 Å². The van der Waals surface area contributed by atoms with Gasteiger partial charge in [-0.3, -0.25) is 4.90 Å². The number of carbonyl (C=O) groups excluding carboxylic acids is 1. The summed E-state index contributed by atoms with van der Waals surface area (Å²) >= 11 is 0. The van der Waals surface area contributed by atoms with Gasteiger partial charge in [-0.05, 0) is 44.7 Å². The third-order valence-electron chi connectivity index (χ3n) is 6.58. The number of esters is 1. The lowest BCUT2D eigenvalue weighted by Gasteiger charge is -2.39. The first-order valence-corrected chi connectivity index (χ1v) is 11.1. The number of morpholine rings is 1. The predicted octanol–water partition coefficient (Wildman–Crippen LogP) is 3.26. The number of nitrogens with one attached hydrogen (secondary N) is 2. The summed E-state index contributed by atoms with van der Waals surface area (Å²) in [5.41, 5.74) is 2.16. The molecule has 3 heterocycles. The first-order valence-electron chi connectivity index (χ1n) is 11.1. The Kier molecular flexibility index (Phi) is 5.50. The van der Waals surface area contributed by atoms with Crippen LogP contribution in [-0.2, 0) is 9.47 Å². The van der Waals surface area contributed by atoms with E-state index < -0.39 is 0 Å². The van der Waals surface area contributed by atoms with Crippen LogP contribution in [-0.4, -0.2) is 71.3 Å². The van der Waals surface area contributed by atoms with Gasteiger partial charge < -0.3 is 19.8 Å². The minimum atomic E-state index is -0.349. The van der Waals surface area contributed by atoms with Crippen molar-refractivity contribution in [2.75, 3.05) is 38.7 Å². The highest BCUT2D eigenvalue weighted by molar-refractivity contribution is 6.12. The Bertz CT molecular complexity index is 1100. The number of carbonyl (C=O) groups is 1. The number of hydrogen-bond donors (Lipinski definition) is 2. The number of methoxy groups -OCH3 is 1. The normalized spacial score (nSPS) is 22.6. The zero-order chi connectivity index (χ0) is 21.4. The van der Waals surface area contributed by atoms with Crippen LogP contribution in [0.3, 0.4) is 0 Å². The molecule has 1 saturated heterocycles. The molecule has 2 aromatic heterocycles. The number of benzene rings is 1. The van der Waals surface area contributed by atoms with Crippen LogP contribution in [0.1, 0.15) is 41.9 Å². The van der Waals surface area contributed by atoms with E-state index in [1.807, 2.05) is 19.1 Å². The third-order valence-corrected chi connectivity index (χ3v) is 6.58. The van der Waals surface area contributed by atoms with Crippen LogP contribution in [0.5, 0.6) is 0 Å². The highest BCUT2D eigenvalue weighted by Crippen LogP contribution is 2.33. The molecular weight excluding hydrogens is 394 g/mol. The van der Waals surface area contributed by atoms with Crippen molar-refractivity contribution in [1.82, 2.24) is 19.9 Å². The Morgan fingerprint density at radius 3 is 2.71 bits per heavy atom. The Morgan fingerprint density at radius 1 is 1.19 bits per heavy atom. The standard InChI is InChI=1S/C23H29N5O3/c1-14-24-21(26-16-4-6-17(7-5-16)28-9-11-31-12-10-28)20-18-8-3-15(23(29)30-2)13-19(18)27-22(20)25-14/h3,8,13,16-17H,4-7,9-12H2,1-2H3,(H2,24,25,26,27)/t16-,17-. The molecule has 164 valence electrons. The summed E-state index contributed by atoms with van der Waals surface area (Å²) in [7, 11) is 1.39. The van der Waals surface area contributed by atoms with Crippen molar-refractivity contribution in [3.63, 3.8) is 0 Å². The summed E-state index contributed by atoms with van der Waals surface area (Å²) in [6, 6.07) is 6.61. The van der Waals surface area contributed by atoms with Gasteiger partial charge >= 0.3 is 5.97 Å². The van der Waals surface area contributed by atoms with Crippen LogP contribution >= 0.6 is 0 Å². The second kappa shape index (κ2) is 8.43. The lowest BCUT2D eigenvalue weighted by molar-refractivity contribution is 0.00791. The van der Waals surface area contributed by atoms with Crippen molar-refractivity contribution < 1.29 is 14.3 Å². The Labute approximate surface area is 181 Å². The number of rotatable bonds is 4. The summed E-state index contributed by atoms with van der Waals surface area (Å²) in [6.07, 6.45) is 4.64. The molecule has 0 atom stereocenters. The SMILES string of the molecule is COC(=O)c1ccc2c(c1)[nH]c1nc(C)nc(N[C@H]3CC[C@H](N4CCOCC4)CC3)c12. The molecule has 0 bridgehead atoms. The smallest absolute Gasteiger partial charge is 0.337 e. The molecule has 1 saturated carbocycles. The maximum Gasteiger partial charge on any atom is 0.337 e. The molecule has 8 heteroatoms. The van der Waals surface area contributed by atoms with Crippen LogP contribution in [0.15, 0.2) is 18.2 Å². The van der Waals surface area contributed by atoms with Crippen molar-refractivity contribution in [2.24, 2.45) is 0 Å². The molecule has 0 amide bonds. The highest BCUT2D eigenvalue weighted by Gasteiger charge is 2.27. The van der Waals surface area contributed by atoms with Crippen molar-refractivity contribution in [2.45, 2.75) is 44.7 Å². The Hall–Kier alpha value is -2.71. The molecule has 31 heavy (non-hydrogen) atoms. The average Bonchev–Trinajstić information content (AvgIpc) is 3.17. The summed E-state index contributed by atoms with van der Waals surface area (Å²) in [5, 5.41) is 5.69. The van der Waals surface area contributed by atoms with Gasteiger partial charge in [0.25, 0.3) is 0 Å². The third kappa shape index (κ3) is 3.97. The fourth-order valence-corrected chi connectivity index (χ4v) is 4.98. The van der Waals surface area contributed by atoms with Gasteiger partial charge in [0, 0.05) is 36.1 Å². The maximum atomic E-state index is 11.9. The average molecular weight is 424 g/mol. The predicted molar refractivity (Wildman–Crippen MR) is 120 cm³/mol. The van der Waals surface area contributed by atoms with Crippen molar-refractivity contribution in [3.8, 4) is 0 Å². The van der Waals surface area contributed by atoms with E-state index in [2.05, 4.69) is 20.2 Å². The van der Waals surface area contributed by atoms with Crippen molar-refractivity contribution in [3.05, 3.63) is 29.6 Å². The molecule has 1 aromatic carbocycles. The number of nitrogens with zero attached hydrogens (tertiary/aromatic N) is 3. The lowest BCUT2D eigenvalue weighted by Crippen LogP contribution is -2.46. The number of fused-ring (bicyclic) bond motifs is 3. The van der Waals surface area contributed by atoms with E-state index in [0.717, 1.165) is 72.7 Å². The number of ether oxygens (including phenoxy) is 2. The highest BCUT2D eigenvalue weighted by atomic mass is 16.5. The summed E-state index contributed by atoms with van der Waals surface area (Å²) < 4.78 is 10.4. The van der Waals surface area contributed by atoms with Gasteiger partial charge in [0.15, 0.2) is 0 Å². The van der Waals surface area contributed by atoms with E-state index in [4.69, 9.17) is 14.5 Å². The van der Waals surface area contributed by atoms with Crippen LogP contribution < -0.4 is 5.32 Å². The molecule has 1 aliphatic carbocycles. The molecule has 5 rings (SSSR count). The van der Waals surface area contributed by atoms with Gasteiger partial charge in [0.05, 0.1) is 31.3 Å². The van der Waals surface area contributed by atoms with Crippen LogP contribution in [0.2, 0.25) is 0 Å². The van der Waals surface area contributed by atoms with Gasteiger partial charge in [-0.15, -0.1) is 0 Å². The van der Waals surface area contributed by atoms with Crippen LogP contribution in [0.4, 0.5) is 5.82 Å². The minimum Gasteiger partial charge on any atom is -0.465 e. The zero-order valence-corrected chi connectivity index (χ0v) is 18.1. The molecule has 8 nitrogen and oxygen atoms in total. The van der Waals surface area contributed by atoms with Crippen LogP contribution in [0, 0.1) is 6.92 Å². The number of aryl methyl sites for hydroxylation is 1. The zero-order valence-electron chi connectivity index (χ0n) is 18.1. The number of anilines is 1. The van der Waals surface area contributed by atoms with Crippen molar-refractivity contribution >= 4 is 33.7 Å². The molecule has 0 radical (unpaired) electrons. The second-order valence-electron chi connectivity index (χ2n) is 8.52. The lowest BCUT2D eigenvalue weighted by atomic mass is 9.90. The van der Waals surface area contributed by atoms with Crippen molar-refractivity contribution in [1.29, 1.82) is 0 Å². The van der Waals surface area contributed by atoms with E-state index in [1.165, 1.54) is 20.0 Å². The van der Waals surface area contributed by atoms with Gasteiger partial charge in [0.2, 0.25) is 0 Å². The topological polar surface area (TPSA) is 92.4 Å². The van der Waals surface area contributed by atoms with Gasteiger partial charge in [-0.1, -0.05) is 6.07 Å². The van der Waals surface area contributed by atoms with E-state index in [0.29, 0.717) is 17.6 Å². The summed E-state index contributed by atoms with van der Waals surface area (Å²) in [6.45, 7) is 5.73. The molecule has 2 aliphatic rings. The Morgan fingerprint density at radius 2 is 1.97 bits per heavy atom. The molecule has 3 aromatic rings. The molecular formula is C23H29N5O3. The van der Waals surface area contributed by atoms with E-state index in [1.54, 1.807) is 6.07 Å². The van der Waals surface area contributed by atoms with Gasteiger partial charge in [-0.2, -0.15) is 0 Å². The molecule has 1 aliphatic heterocycles. The number of aromatic nitrogens is 3. The number of hydrogen-bond acceptors (Lipinski definition) is 7. The van der Waals surface area contributed by atoms with Gasteiger partial charge in [-0.25, -0.2) is 14.8 Å². The second-order valence-corrected chi connectivity index (χ2v) is 8.52. The Balaban J connectivity index is 1.38. The summed E-state index contributed by atoms with van der Waals surface area (Å²) in [4.78, 5) is 27.2. The van der Waals surface area contributed by atoms with E-state index in [9.17, 15) is 4.79 Å². The largest absolute Gasteiger partial charge is 0.465 e. The quantitative estimate of drug-likeness (QED) is 0.622. The number of H-pyrrole nitrogens is 1. The van der Waals surface area contributed by atoms with Gasteiger partial charge in [0.1, 0.15) is 17.3 Å². The summed E-state index contributed by atoms with van der Waals surface area (Å²) in [5.74, 6) is 1.24. The first-order chi connectivity index (χ1) is 15.1. The molecule has 0 unspecified atom stereocenters. The molecule has 2 N–H and O–H groups in total. The van der Waals surface area contributed by atoms with E-state index in [-0.39, 0.29) is 5.97 Å². The molecule has 2 fully saturated rings. The fraction of sp³-hybridized carbons (Fsp3) is 0.522. The minimum absolute atomic E-state index is 0.349. The number of aromatic amines is 1. The molecule has 0 spiro atoms. The fourth-order valence-electron chi connectivity index (χ4n) is 4.98. The van der Waals surface area contributed by atoms with Crippen LogP contribution in [0.25, 0.3) is 21.9 Å². The maximum absolute atomic E-state index is 11.9.